The number of carboxylic acid groups (broad SMARTS) is 2. The number of rotatable bonds is 9. The lowest BCUT2D eigenvalue weighted by Crippen LogP contribution is -2.61. The first-order valence-electron chi connectivity index (χ1n) is 13.2. The summed E-state index contributed by atoms with van der Waals surface area (Å²) in [5.41, 5.74) is -2.11. The van der Waals surface area contributed by atoms with Crippen LogP contribution in [0.1, 0.15) is 38.6 Å². The van der Waals surface area contributed by atoms with Crippen molar-refractivity contribution in [1.82, 2.24) is 0 Å². The molecule has 2 aromatic rings. The second-order valence-corrected chi connectivity index (χ2v) is 10.3. The van der Waals surface area contributed by atoms with Crippen molar-refractivity contribution in [3.63, 3.8) is 0 Å². The van der Waals surface area contributed by atoms with Crippen LogP contribution in [0.5, 0.6) is 34.5 Å². The highest BCUT2D eigenvalue weighted by molar-refractivity contribution is 5.98. The Kier molecular flexibility index (Phi) is 9.52. The van der Waals surface area contributed by atoms with E-state index in [2.05, 4.69) is 0 Å². The largest absolute Gasteiger partial charge is 0.504 e. The third kappa shape index (κ3) is 6.42. The molecule has 11 N–H and O–H groups in total. The van der Waals surface area contributed by atoms with E-state index in [0.29, 0.717) is 18.2 Å². The predicted octanol–water partition coefficient (Wildman–Crippen LogP) is -2.07. The number of aliphatic hydroxyl groups is 3. The Labute approximate surface area is 260 Å². The summed E-state index contributed by atoms with van der Waals surface area (Å²) in [7, 11) is 0. The molecular formula is C27H26O20. The first-order chi connectivity index (χ1) is 22.0. The fourth-order valence-corrected chi connectivity index (χ4v) is 5.12. The zero-order valence-corrected chi connectivity index (χ0v) is 23.4. The SMILES string of the molecule is O=C(O)CC(C(=O)O)C1c2c(cc(O)c(O)c2O)C(=O)OC1C(=O)O[C@H]1[C@H](O)[C@@H](O)[C@H](OC(=O)c2cc(O)c(O)c(O)c2)O[C@@H]1CO. The molecule has 0 aliphatic carbocycles. The number of benzene rings is 2. The van der Waals surface area contributed by atoms with Gasteiger partial charge in [-0.05, 0) is 18.2 Å². The van der Waals surface area contributed by atoms with E-state index in [1.165, 1.54) is 0 Å². The van der Waals surface area contributed by atoms with E-state index >= 15 is 0 Å². The molecule has 254 valence electrons. The summed E-state index contributed by atoms with van der Waals surface area (Å²) in [4.78, 5) is 62.4. The maximum Gasteiger partial charge on any atom is 0.348 e. The number of aliphatic carboxylic acids is 2. The molecule has 0 radical (unpaired) electrons. The van der Waals surface area contributed by atoms with Crippen LogP contribution in [0.2, 0.25) is 0 Å². The monoisotopic (exact) mass is 670 g/mol. The fourth-order valence-electron chi connectivity index (χ4n) is 5.12. The maximum absolute atomic E-state index is 13.4. The smallest absolute Gasteiger partial charge is 0.348 e. The molecule has 2 aliphatic rings. The van der Waals surface area contributed by atoms with Gasteiger partial charge in [-0.1, -0.05) is 0 Å². The summed E-state index contributed by atoms with van der Waals surface area (Å²) in [5.74, 6) is -18.9. The predicted molar refractivity (Wildman–Crippen MR) is 141 cm³/mol. The van der Waals surface area contributed by atoms with Crippen LogP contribution in [-0.4, -0.2) is 129 Å². The number of ether oxygens (including phenoxy) is 4. The standard InChI is InChI=1S/C27H26O20/c28-5-12-21(19(37)20(38)27(44-12)47-24(41)6-1-9(29)16(34)10(30)2-6)45-26(43)22-15(7(23(39)40)4-13(32)33)14-8(25(42)46-22)3-11(31)17(35)18(14)36/h1-3,7,12,15,19-22,27-31,34-38H,4-5H2,(H,32,33)(H,39,40)/t7?,12-,15?,19-,20-,21-,22?,27+/m1/s1. The Morgan fingerprint density at radius 2 is 1.43 bits per heavy atom. The normalized spacial score (nSPS) is 25.9. The van der Waals surface area contributed by atoms with Crippen LogP contribution in [0, 0.1) is 5.92 Å². The number of carbonyl (C=O) groups excluding carboxylic acids is 3. The molecule has 0 bridgehead atoms. The van der Waals surface area contributed by atoms with E-state index in [-0.39, 0.29) is 0 Å². The summed E-state index contributed by atoms with van der Waals surface area (Å²) < 4.78 is 20.3. The Balaban J connectivity index is 1.64. The average Bonchev–Trinajstić information content (AvgIpc) is 3.00. The van der Waals surface area contributed by atoms with Gasteiger partial charge in [-0.3, -0.25) is 9.59 Å². The number of hydrogen-bond acceptors (Lipinski definition) is 18. The maximum atomic E-state index is 13.4. The first kappa shape index (κ1) is 34.3. The minimum atomic E-state index is -2.42. The molecule has 2 aromatic carbocycles. The summed E-state index contributed by atoms with van der Waals surface area (Å²) in [6.07, 6.45) is -14.2. The minimum Gasteiger partial charge on any atom is -0.504 e. The molecule has 3 unspecified atom stereocenters. The second-order valence-electron chi connectivity index (χ2n) is 10.3. The Bertz CT molecular complexity index is 1590. The summed E-state index contributed by atoms with van der Waals surface area (Å²) in [6, 6.07) is 1.91. The molecule has 0 spiro atoms. The van der Waals surface area contributed by atoms with Gasteiger partial charge in [-0.15, -0.1) is 0 Å². The second kappa shape index (κ2) is 13.0. The Morgan fingerprint density at radius 3 is 1.98 bits per heavy atom. The molecule has 0 aromatic heterocycles. The number of hydrogen-bond donors (Lipinski definition) is 11. The number of aromatic hydroxyl groups is 6. The first-order valence-corrected chi connectivity index (χ1v) is 13.2. The van der Waals surface area contributed by atoms with Crippen LogP contribution in [0.25, 0.3) is 0 Å². The molecule has 20 nitrogen and oxygen atoms in total. The number of esters is 3. The zero-order valence-electron chi connectivity index (χ0n) is 23.4. The van der Waals surface area contributed by atoms with Crippen molar-refractivity contribution >= 4 is 29.8 Å². The number of aliphatic hydroxyl groups excluding tert-OH is 3. The van der Waals surface area contributed by atoms with Crippen LogP contribution in [-0.2, 0) is 33.3 Å². The minimum absolute atomic E-state index is 0.570. The highest BCUT2D eigenvalue weighted by Crippen LogP contribution is 2.50. The lowest BCUT2D eigenvalue weighted by atomic mass is 9.76. The van der Waals surface area contributed by atoms with Crippen LogP contribution >= 0.6 is 0 Å². The van der Waals surface area contributed by atoms with Gasteiger partial charge in [0.25, 0.3) is 0 Å². The van der Waals surface area contributed by atoms with Gasteiger partial charge in [0.15, 0.2) is 34.9 Å². The summed E-state index contributed by atoms with van der Waals surface area (Å²) in [6.45, 7) is -1.11. The molecule has 8 atom stereocenters. The molecule has 1 saturated heterocycles. The van der Waals surface area contributed by atoms with Crippen molar-refractivity contribution < 1.29 is 99.1 Å². The molecule has 4 rings (SSSR count). The molecule has 47 heavy (non-hydrogen) atoms. The fraction of sp³-hybridized carbons (Fsp3) is 0.370. The molecular weight excluding hydrogens is 644 g/mol. The highest BCUT2D eigenvalue weighted by Gasteiger charge is 2.53. The molecule has 1 fully saturated rings. The average molecular weight is 670 g/mol. The van der Waals surface area contributed by atoms with Gasteiger partial charge in [-0.25, -0.2) is 14.4 Å². The quantitative estimate of drug-likeness (QED) is 0.0774. The summed E-state index contributed by atoms with van der Waals surface area (Å²) in [5, 5.41) is 110. The number of fused-ring (bicyclic) bond motifs is 1. The van der Waals surface area contributed by atoms with Crippen molar-refractivity contribution in [1.29, 1.82) is 0 Å². The van der Waals surface area contributed by atoms with Gasteiger partial charge in [0.2, 0.25) is 18.1 Å². The topological polar surface area (TPSA) is 345 Å². The van der Waals surface area contributed by atoms with Crippen LogP contribution in [0.4, 0.5) is 0 Å². The van der Waals surface area contributed by atoms with E-state index < -0.39 is 143 Å². The number of phenols is 6. The van der Waals surface area contributed by atoms with E-state index in [1.807, 2.05) is 0 Å². The lowest BCUT2D eigenvalue weighted by Gasteiger charge is -2.42. The van der Waals surface area contributed by atoms with E-state index in [0.717, 1.165) is 0 Å². The van der Waals surface area contributed by atoms with Gasteiger partial charge in [0.1, 0.15) is 18.3 Å². The molecule has 2 heterocycles. The van der Waals surface area contributed by atoms with Gasteiger partial charge < -0.3 is 75.1 Å². The number of carboxylic acids is 2. The number of carbonyl (C=O) groups is 5. The lowest BCUT2D eigenvalue weighted by molar-refractivity contribution is -0.289. The van der Waals surface area contributed by atoms with Gasteiger partial charge in [0.05, 0.1) is 36.0 Å². The van der Waals surface area contributed by atoms with Gasteiger partial charge in [-0.2, -0.15) is 0 Å². The Hall–Kier alpha value is -5.57. The molecule has 0 saturated carbocycles. The van der Waals surface area contributed by atoms with Crippen molar-refractivity contribution in [2.45, 2.75) is 49.1 Å². The van der Waals surface area contributed by atoms with Crippen molar-refractivity contribution in [2.24, 2.45) is 5.92 Å². The van der Waals surface area contributed by atoms with Crippen molar-refractivity contribution in [2.75, 3.05) is 6.61 Å². The number of phenolic OH excluding ortho intramolecular Hbond substituents is 6. The third-order valence-electron chi connectivity index (χ3n) is 7.39. The van der Waals surface area contributed by atoms with Gasteiger partial charge in [0, 0.05) is 5.56 Å². The molecule has 0 amide bonds. The summed E-state index contributed by atoms with van der Waals surface area (Å²) >= 11 is 0. The highest BCUT2D eigenvalue weighted by atomic mass is 16.7. The molecule has 20 heteroatoms. The molecule has 2 aliphatic heterocycles. The third-order valence-corrected chi connectivity index (χ3v) is 7.39. The number of cyclic esters (lactones) is 1. The van der Waals surface area contributed by atoms with E-state index in [9.17, 15) is 80.1 Å². The van der Waals surface area contributed by atoms with Crippen molar-refractivity contribution in [3.05, 3.63) is 34.9 Å². The van der Waals surface area contributed by atoms with Gasteiger partial charge >= 0.3 is 29.8 Å². The van der Waals surface area contributed by atoms with Crippen LogP contribution < -0.4 is 0 Å². The van der Waals surface area contributed by atoms with Crippen LogP contribution in [0.15, 0.2) is 18.2 Å². The van der Waals surface area contributed by atoms with Crippen LogP contribution in [0.3, 0.4) is 0 Å². The Morgan fingerprint density at radius 1 is 0.830 bits per heavy atom. The van der Waals surface area contributed by atoms with E-state index in [4.69, 9.17) is 18.9 Å². The van der Waals surface area contributed by atoms with E-state index in [1.54, 1.807) is 0 Å². The zero-order chi connectivity index (χ0) is 35.1. The van der Waals surface area contributed by atoms with Crippen molar-refractivity contribution in [3.8, 4) is 34.5 Å².